The number of hydrogen-bond donors (Lipinski definition) is 0. The molecule has 2 aliphatic rings. The lowest BCUT2D eigenvalue weighted by atomic mass is 9.91. The van der Waals surface area contributed by atoms with Gasteiger partial charge in [-0.15, -0.1) is 0 Å². The van der Waals surface area contributed by atoms with E-state index >= 15 is 0 Å². The Morgan fingerprint density at radius 3 is 1.66 bits per heavy atom. The lowest BCUT2D eigenvalue weighted by Crippen LogP contribution is -2.28. The third-order valence-corrected chi connectivity index (χ3v) is 14.2. The summed E-state index contributed by atoms with van der Waals surface area (Å²) in [5, 5.41) is 3.40. The van der Waals surface area contributed by atoms with Gasteiger partial charge < -0.3 is 14.4 Å². The second-order valence-corrected chi connectivity index (χ2v) is 18.2. The zero-order valence-electron chi connectivity index (χ0n) is 38.3. The molecule has 0 N–H and O–H groups in total. The highest BCUT2D eigenvalue weighted by molar-refractivity contribution is 6.18. The molecule has 0 spiro atoms. The summed E-state index contributed by atoms with van der Waals surface area (Å²) in [6, 6.07) is 85.7. The molecule has 3 nitrogen and oxygen atoms in total. The van der Waals surface area contributed by atoms with Gasteiger partial charge in [-0.25, -0.2) is 4.39 Å². The van der Waals surface area contributed by atoms with Gasteiger partial charge >= 0.3 is 0 Å². The van der Waals surface area contributed by atoms with Crippen LogP contribution in [0.3, 0.4) is 0 Å². The van der Waals surface area contributed by atoms with Crippen molar-refractivity contribution in [2.75, 3.05) is 9.80 Å². The van der Waals surface area contributed by atoms with Crippen molar-refractivity contribution in [1.29, 1.82) is 0 Å². The van der Waals surface area contributed by atoms with E-state index in [1.54, 1.807) is 12.1 Å². The molecule has 0 bridgehead atoms. The zero-order valence-corrected chi connectivity index (χ0v) is 38.3. The average Bonchev–Trinajstić information content (AvgIpc) is 3.96. The third-order valence-electron chi connectivity index (χ3n) is 14.2. The quantitative estimate of drug-likeness (QED) is 0.143. The standard InChI is InChI=1S/C66H46FN3/c67-50-32-38-54(39-33-50)70-65(49-20-9-3-10-21-49)64(48-18-7-2-8-19-48)60-42-41-57-56(25-15-26-59(57)66(60)70)47-30-36-53(37-31-47)68(52-34-28-46(29-35-52)45-16-5-1-6-17-45)55-40-43-63-61(44-55)58-24-13-14-27-62(58)69(63)51-22-11-4-12-23-51/h1-44,58,62H. The molecule has 1 aliphatic carbocycles. The van der Waals surface area contributed by atoms with E-state index in [0.717, 1.165) is 77.9 Å². The van der Waals surface area contributed by atoms with Crippen LogP contribution >= 0.6 is 0 Å². The maximum atomic E-state index is 14.6. The van der Waals surface area contributed by atoms with E-state index in [4.69, 9.17) is 0 Å². The fourth-order valence-corrected chi connectivity index (χ4v) is 11.0. The Labute approximate surface area is 407 Å². The van der Waals surface area contributed by atoms with Crippen molar-refractivity contribution in [3.63, 3.8) is 0 Å². The molecule has 2 heterocycles. The summed E-state index contributed by atoms with van der Waals surface area (Å²) in [5.74, 6) is -0.0409. The van der Waals surface area contributed by atoms with Gasteiger partial charge in [0.1, 0.15) is 5.82 Å². The molecular formula is C66H46FN3. The Bertz CT molecular complexity index is 3750. The minimum absolute atomic E-state index is 0.200. The van der Waals surface area contributed by atoms with Gasteiger partial charge in [-0.1, -0.05) is 188 Å². The number of rotatable bonds is 9. The van der Waals surface area contributed by atoms with E-state index in [1.807, 2.05) is 12.1 Å². The van der Waals surface area contributed by atoms with Crippen LogP contribution in [0.25, 0.3) is 72.0 Å². The molecule has 1 aliphatic heterocycles. The minimum Gasteiger partial charge on any atom is -0.333 e. The second-order valence-electron chi connectivity index (χ2n) is 18.2. The largest absolute Gasteiger partial charge is 0.333 e. The Morgan fingerprint density at radius 2 is 0.971 bits per heavy atom. The number of anilines is 5. The number of fused-ring (bicyclic) bond motifs is 6. The van der Waals surface area contributed by atoms with E-state index in [-0.39, 0.29) is 17.8 Å². The number of para-hydroxylation sites is 1. The summed E-state index contributed by atoms with van der Waals surface area (Å²) in [6.45, 7) is 0. The number of nitrogens with zero attached hydrogens (tertiary/aromatic N) is 3. The van der Waals surface area contributed by atoms with Crippen LogP contribution in [0.2, 0.25) is 0 Å². The van der Waals surface area contributed by atoms with Crippen LogP contribution in [0, 0.1) is 5.82 Å². The van der Waals surface area contributed by atoms with Crippen molar-refractivity contribution >= 4 is 50.1 Å². The van der Waals surface area contributed by atoms with Crippen LogP contribution in [-0.4, -0.2) is 10.6 Å². The van der Waals surface area contributed by atoms with E-state index < -0.39 is 0 Å². The summed E-state index contributed by atoms with van der Waals surface area (Å²) < 4.78 is 17.0. The molecule has 2 unspecified atom stereocenters. The average molecular weight is 900 g/mol. The van der Waals surface area contributed by atoms with Crippen molar-refractivity contribution in [1.82, 2.24) is 4.57 Å². The molecule has 2 atom stereocenters. The van der Waals surface area contributed by atoms with Crippen LogP contribution in [0.1, 0.15) is 11.5 Å². The highest BCUT2D eigenvalue weighted by Gasteiger charge is 2.38. The van der Waals surface area contributed by atoms with E-state index in [0.29, 0.717) is 0 Å². The van der Waals surface area contributed by atoms with Crippen molar-refractivity contribution in [2.45, 2.75) is 12.0 Å². The normalized spacial score (nSPS) is 14.8. The summed E-state index contributed by atoms with van der Waals surface area (Å²) in [5.41, 5.74) is 18.0. The van der Waals surface area contributed by atoms with Gasteiger partial charge in [0.05, 0.1) is 17.3 Å². The predicted molar refractivity (Wildman–Crippen MR) is 291 cm³/mol. The first-order valence-corrected chi connectivity index (χ1v) is 24.0. The van der Waals surface area contributed by atoms with E-state index in [9.17, 15) is 4.39 Å². The maximum absolute atomic E-state index is 14.6. The molecule has 332 valence electrons. The predicted octanol–water partition coefficient (Wildman–Crippen LogP) is 17.8. The second kappa shape index (κ2) is 17.3. The number of benzene rings is 10. The Kier molecular flexibility index (Phi) is 10.2. The Hall–Kier alpha value is -8.99. The molecule has 0 saturated carbocycles. The van der Waals surface area contributed by atoms with Crippen molar-refractivity contribution in [3.8, 4) is 50.3 Å². The van der Waals surface area contributed by atoms with Gasteiger partial charge in [0.15, 0.2) is 0 Å². The first kappa shape index (κ1) is 41.2. The molecule has 11 aromatic rings. The summed E-state index contributed by atoms with van der Waals surface area (Å²) in [7, 11) is 0. The highest BCUT2D eigenvalue weighted by atomic mass is 19.1. The molecule has 0 amide bonds. The van der Waals surface area contributed by atoms with Gasteiger partial charge in [0.25, 0.3) is 0 Å². The summed E-state index contributed by atoms with van der Waals surface area (Å²) >= 11 is 0. The molecule has 70 heavy (non-hydrogen) atoms. The summed E-state index contributed by atoms with van der Waals surface area (Å²) in [6.07, 6.45) is 9.05. The molecule has 10 aromatic carbocycles. The third kappa shape index (κ3) is 7.03. The maximum Gasteiger partial charge on any atom is 0.123 e. The lowest BCUT2D eigenvalue weighted by Gasteiger charge is -2.28. The van der Waals surface area contributed by atoms with Gasteiger partial charge in [-0.2, -0.15) is 0 Å². The topological polar surface area (TPSA) is 11.4 Å². The molecule has 0 saturated heterocycles. The molecule has 13 rings (SSSR count). The Balaban J connectivity index is 0.959. The van der Waals surface area contributed by atoms with Crippen LogP contribution < -0.4 is 9.80 Å². The molecule has 0 radical (unpaired) electrons. The van der Waals surface area contributed by atoms with Gasteiger partial charge in [0, 0.05) is 56.4 Å². The van der Waals surface area contributed by atoms with Crippen LogP contribution in [0.5, 0.6) is 0 Å². The highest BCUT2D eigenvalue weighted by Crippen LogP contribution is 2.51. The molecule has 4 heteroatoms. The first-order chi connectivity index (χ1) is 34.7. The fourth-order valence-electron chi connectivity index (χ4n) is 11.0. The molecule has 1 aromatic heterocycles. The van der Waals surface area contributed by atoms with Gasteiger partial charge in [0.2, 0.25) is 0 Å². The monoisotopic (exact) mass is 899 g/mol. The van der Waals surface area contributed by atoms with Crippen LogP contribution in [0.15, 0.2) is 267 Å². The molecule has 0 fully saturated rings. The van der Waals surface area contributed by atoms with E-state index in [2.05, 4.69) is 257 Å². The Morgan fingerprint density at radius 1 is 0.400 bits per heavy atom. The van der Waals surface area contributed by atoms with Crippen molar-refractivity contribution < 1.29 is 4.39 Å². The van der Waals surface area contributed by atoms with Crippen LogP contribution in [0.4, 0.5) is 32.8 Å². The van der Waals surface area contributed by atoms with Gasteiger partial charge in [-0.05, 0) is 123 Å². The van der Waals surface area contributed by atoms with Crippen molar-refractivity contribution in [2.24, 2.45) is 0 Å². The minimum atomic E-state index is -0.263. The fraction of sp³-hybridized carbons (Fsp3) is 0.0303. The number of halogens is 1. The number of allylic oxidation sites excluding steroid dienone is 2. The number of hydrogen-bond acceptors (Lipinski definition) is 2. The lowest BCUT2D eigenvalue weighted by molar-refractivity contribution is 0.627. The van der Waals surface area contributed by atoms with Gasteiger partial charge in [-0.3, -0.25) is 0 Å². The van der Waals surface area contributed by atoms with Crippen molar-refractivity contribution in [3.05, 3.63) is 278 Å². The zero-order chi connectivity index (χ0) is 46.5. The van der Waals surface area contributed by atoms with Crippen LogP contribution in [-0.2, 0) is 0 Å². The summed E-state index contributed by atoms with van der Waals surface area (Å²) in [4.78, 5) is 4.87. The van der Waals surface area contributed by atoms with E-state index in [1.165, 1.54) is 28.1 Å². The number of aromatic nitrogens is 1. The smallest absolute Gasteiger partial charge is 0.123 e. The first-order valence-electron chi connectivity index (χ1n) is 24.0. The SMILES string of the molecule is Fc1ccc(-n2c(-c3ccccc3)c(-c3ccccc3)c3ccc4c(-c5ccc(N(c6ccc(-c7ccccc7)cc6)c6ccc7c(c6)C6C=CC=CC6N7c6ccccc6)cc5)cccc4c32)cc1. The molecular weight excluding hydrogens is 854 g/mol.